The largest absolute Gasteiger partial charge is 0.416 e. The van der Waals surface area contributed by atoms with Crippen molar-refractivity contribution < 1.29 is 27.6 Å². The summed E-state index contributed by atoms with van der Waals surface area (Å²) in [6, 6.07) is 11.5. The van der Waals surface area contributed by atoms with Crippen molar-refractivity contribution in [2.75, 3.05) is 4.90 Å². The molecule has 34 heavy (non-hydrogen) atoms. The number of nitrogens with one attached hydrogen (secondary N) is 1. The van der Waals surface area contributed by atoms with E-state index in [1.165, 1.54) is 41.1 Å². The number of carbonyl (C=O) groups is 3. The number of halogens is 3. The van der Waals surface area contributed by atoms with E-state index in [0.717, 1.165) is 11.0 Å². The summed E-state index contributed by atoms with van der Waals surface area (Å²) in [4.78, 5) is 37.6. The lowest BCUT2D eigenvalue weighted by Crippen LogP contribution is -2.29. The number of alkyl halides is 3. The van der Waals surface area contributed by atoms with Crippen LogP contribution in [0.5, 0.6) is 0 Å². The fourth-order valence-corrected chi connectivity index (χ4v) is 3.93. The van der Waals surface area contributed by atoms with Gasteiger partial charge in [-0.15, -0.1) is 0 Å². The van der Waals surface area contributed by atoms with Crippen LogP contribution in [0.4, 0.5) is 18.9 Å². The number of hydrogen-bond acceptors (Lipinski definition) is 4. The lowest BCUT2D eigenvalue weighted by molar-refractivity contribution is -0.138. The summed E-state index contributed by atoms with van der Waals surface area (Å²) >= 11 is 0. The third kappa shape index (κ3) is 4.57. The van der Waals surface area contributed by atoms with Crippen molar-refractivity contribution in [2.24, 2.45) is 0 Å². The molecule has 1 aromatic heterocycles. The van der Waals surface area contributed by atoms with Crippen LogP contribution >= 0.6 is 0 Å². The normalized spacial score (nSPS) is 14.1. The number of imide groups is 1. The average Bonchev–Trinajstić information content (AvgIpc) is 3.31. The molecule has 0 spiro atoms. The van der Waals surface area contributed by atoms with Crippen molar-refractivity contribution in [3.8, 4) is 5.69 Å². The Balaban J connectivity index is 1.56. The van der Waals surface area contributed by atoms with Crippen LogP contribution in [0.1, 0.15) is 45.7 Å². The highest BCUT2D eigenvalue weighted by molar-refractivity contribution is 6.20. The summed E-state index contributed by atoms with van der Waals surface area (Å²) in [6.07, 6.45) is -4.44. The summed E-state index contributed by atoms with van der Waals surface area (Å²) in [5, 5.41) is 6.72. The first kappa shape index (κ1) is 23.2. The molecule has 0 aliphatic carbocycles. The van der Waals surface area contributed by atoms with Crippen molar-refractivity contribution in [1.82, 2.24) is 15.1 Å². The van der Waals surface area contributed by atoms with Gasteiger partial charge < -0.3 is 5.32 Å². The van der Waals surface area contributed by atoms with Gasteiger partial charge in [0.1, 0.15) is 0 Å². The number of nitrogens with zero attached hydrogens (tertiary/aromatic N) is 3. The minimum Gasteiger partial charge on any atom is -0.348 e. The molecule has 0 saturated carbocycles. The quantitative estimate of drug-likeness (QED) is 0.570. The van der Waals surface area contributed by atoms with Crippen molar-refractivity contribution in [2.45, 2.75) is 39.4 Å². The molecule has 1 aliphatic rings. The van der Waals surface area contributed by atoms with Gasteiger partial charge in [0.2, 0.25) is 11.8 Å². The molecular formula is C24H21F3N4O3. The lowest BCUT2D eigenvalue weighted by atomic mass is 10.1. The lowest BCUT2D eigenvalue weighted by Gasteiger charge is -2.17. The van der Waals surface area contributed by atoms with E-state index in [0.29, 0.717) is 11.4 Å². The second-order valence-electron chi connectivity index (χ2n) is 8.03. The topological polar surface area (TPSA) is 84.3 Å². The number of rotatable bonds is 5. The fraction of sp³-hybridized carbons (Fsp3) is 0.250. The predicted molar refractivity (Wildman–Crippen MR) is 117 cm³/mol. The van der Waals surface area contributed by atoms with E-state index in [-0.39, 0.29) is 53.7 Å². The van der Waals surface area contributed by atoms with Crippen LogP contribution in [0.2, 0.25) is 0 Å². The van der Waals surface area contributed by atoms with Crippen LogP contribution in [-0.2, 0) is 22.3 Å². The molecule has 3 aromatic rings. The summed E-state index contributed by atoms with van der Waals surface area (Å²) in [5.41, 5.74) is 1.04. The first-order valence-electron chi connectivity index (χ1n) is 10.5. The third-order valence-electron chi connectivity index (χ3n) is 5.51. The highest BCUT2D eigenvalue weighted by Crippen LogP contribution is 2.34. The molecule has 2 heterocycles. The molecule has 0 atom stereocenters. The van der Waals surface area contributed by atoms with Gasteiger partial charge in [0.05, 0.1) is 22.6 Å². The molecular weight excluding hydrogens is 449 g/mol. The number of aromatic nitrogens is 2. The van der Waals surface area contributed by atoms with Gasteiger partial charge in [-0.05, 0) is 55.8 Å². The maximum absolute atomic E-state index is 13.8. The van der Waals surface area contributed by atoms with E-state index >= 15 is 0 Å². The van der Waals surface area contributed by atoms with Crippen molar-refractivity contribution >= 4 is 23.4 Å². The van der Waals surface area contributed by atoms with Crippen molar-refractivity contribution in [1.29, 1.82) is 0 Å². The van der Waals surface area contributed by atoms with Gasteiger partial charge in [-0.3, -0.25) is 19.3 Å². The molecule has 3 amide bonds. The number of amides is 3. The molecule has 0 bridgehead atoms. The Bertz CT molecular complexity index is 1280. The van der Waals surface area contributed by atoms with Crippen LogP contribution in [0, 0.1) is 13.8 Å². The van der Waals surface area contributed by atoms with E-state index < -0.39 is 17.6 Å². The standard InChI is InChI=1S/C24H21F3N4O3/c1-14-10-15(2)31(29-14)19-7-6-17(20(12-19)24(25,26)27)13-28-23(34)16-4-3-5-18(11-16)30-21(32)8-9-22(30)33/h3-7,10-12H,8-9,13H2,1-2H3,(H,28,34). The monoisotopic (exact) mass is 470 g/mol. The number of benzene rings is 2. The molecule has 0 radical (unpaired) electrons. The Hall–Kier alpha value is -3.95. The van der Waals surface area contributed by atoms with Gasteiger partial charge in [0.25, 0.3) is 5.91 Å². The Labute approximate surface area is 193 Å². The maximum atomic E-state index is 13.8. The Morgan fingerprint density at radius 2 is 1.71 bits per heavy atom. The average molecular weight is 470 g/mol. The molecule has 7 nitrogen and oxygen atoms in total. The van der Waals surface area contributed by atoms with E-state index in [4.69, 9.17) is 0 Å². The number of anilines is 1. The first-order chi connectivity index (χ1) is 16.0. The molecule has 1 aliphatic heterocycles. The maximum Gasteiger partial charge on any atom is 0.416 e. The smallest absolute Gasteiger partial charge is 0.348 e. The zero-order valence-corrected chi connectivity index (χ0v) is 18.4. The Kier molecular flexibility index (Phi) is 5.99. The zero-order chi connectivity index (χ0) is 24.6. The molecule has 4 rings (SSSR count). The van der Waals surface area contributed by atoms with Crippen LogP contribution in [0.25, 0.3) is 5.69 Å². The molecule has 0 unspecified atom stereocenters. The van der Waals surface area contributed by atoms with Gasteiger partial charge in [-0.1, -0.05) is 12.1 Å². The van der Waals surface area contributed by atoms with Gasteiger partial charge >= 0.3 is 6.18 Å². The number of hydrogen-bond donors (Lipinski definition) is 1. The summed E-state index contributed by atoms with van der Waals surface area (Å²) in [5.74, 6) is -1.35. The molecule has 2 aromatic carbocycles. The van der Waals surface area contributed by atoms with Crippen LogP contribution < -0.4 is 10.2 Å². The van der Waals surface area contributed by atoms with Gasteiger partial charge in [0.15, 0.2) is 0 Å². The Morgan fingerprint density at radius 3 is 2.32 bits per heavy atom. The zero-order valence-electron chi connectivity index (χ0n) is 18.4. The van der Waals surface area contributed by atoms with Crippen LogP contribution in [0.3, 0.4) is 0 Å². The fourth-order valence-electron chi connectivity index (χ4n) is 3.93. The molecule has 10 heteroatoms. The van der Waals surface area contributed by atoms with E-state index in [9.17, 15) is 27.6 Å². The van der Waals surface area contributed by atoms with Crippen molar-refractivity contribution in [3.63, 3.8) is 0 Å². The van der Waals surface area contributed by atoms with Gasteiger partial charge in [-0.2, -0.15) is 18.3 Å². The first-order valence-corrected chi connectivity index (χ1v) is 10.5. The van der Waals surface area contributed by atoms with Gasteiger partial charge in [-0.25, -0.2) is 4.68 Å². The second-order valence-corrected chi connectivity index (χ2v) is 8.03. The van der Waals surface area contributed by atoms with Crippen molar-refractivity contribution in [3.05, 3.63) is 76.6 Å². The van der Waals surface area contributed by atoms with E-state index in [1.807, 2.05) is 0 Å². The SMILES string of the molecule is Cc1cc(C)n(-c2ccc(CNC(=O)c3cccc(N4C(=O)CCC4=O)c3)c(C(F)(F)F)c2)n1. The highest BCUT2D eigenvalue weighted by atomic mass is 19.4. The molecule has 1 N–H and O–H groups in total. The molecule has 176 valence electrons. The third-order valence-corrected chi connectivity index (χ3v) is 5.51. The number of aryl methyl sites for hydroxylation is 2. The second kappa shape index (κ2) is 8.77. The van der Waals surface area contributed by atoms with Crippen LogP contribution in [0.15, 0.2) is 48.5 Å². The van der Waals surface area contributed by atoms with E-state index in [2.05, 4.69) is 10.4 Å². The summed E-state index contributed by atoms with van der Waals surface area (Å²) < 4.78 is 42.8. The summed E-state index contributed by atoms with van der Waals surface area (Å²) in [6.45, 7) is 3.14. The summed E-state index contributed by atoms with van der Waals surface area (Å²) in [7, 11) is 0. The minimum atomic E-state index is -4.64. The molecule has 1 saturated heterocycles. The Morgan fingerprint density at radius 1 is 1.00 bits per heavy atom. The highest BCUT2D eigenvalue weighted by Gasteiger charge is 2.34. The number of carbonyl (C=O) groups excluding carboxylic acids is 3. The van der Waals surface area contributed by atoms with Crippen LogP contribution in [-0.4, -0.2) is 27.5 Å². The molecule has 1 fully saturated rings. The predicted octanol–water partition coefficient (Wildman–Crippen LogP) is 4.09. The minimum absolute atomic E-state index is 0.100. The van der Waals surface area contributed by atoms with E-state index in [1.54, 1.807) is 19.9 Å². The van der Waals surface area contributed by atoms with Gasteiger partial charge in [0, 0.05) is 30.6 Å².